The van der Waals surface area contributed by atoms with Gasteiger partial charge in [0.15, 0.2) is 5.16 Å². The van der Waals surface area contributed by atoms with Gasteiger partial charge in [-0.1, -0.05) is 18.2 Å². The summed E-state index contributed by atoms with van der Waals surface area (Å²) in [6, 6.07) is 2.18. The first kappa shape index (κ1) is 12.7. The summed E-state index contributed by atoms with van der Waals surface area (Å²) >= 11 is 7.02. The van der Waals surface area contributed by atoms with Gasteiger partial charge in [0.2, 0.25) is 0 Å². The normalized spacial score (nSPS) is 15.4. The van der Waals surface area contributed by atoms with Crippen LogP contribution in [-0.2, 0) is 18.7 Å². The Labute approximate surface area is 123 Å². The predicted molar refractivity (Wildman–Crippen MR) is 79.2 cm³/mol. The zero-order valence-corrected chi connectivity index (χ0v) is 13.2. The molecule has 3 nitrogen and oxygen atoms in total. The smallest absolute Gasteiger partial charge is 0.191 e. The Morgan fingerprint density at radius 3 is 3.11 bits per heavy atom. The standard InChI is InChI=1S/C12H14BrN3S2/c13-10-6-9(7-17-10)8-18-12-15-14-11-4-2-1-3-5-16(11)12/h6-7H,1-5,8H2. The van der Waals surface area contributed by atoms with Gasteiger partial charge in [0.1, 0.15) is 5.82 Å². The van der Waals surface area contributed by atoms with Crippen LogP contribution in [0.3, 0.4) is 0 Å². The van der Waals surface area contributed by atoms with Crippen LogP contribution in [0, 0.1) is 0 Å². The van der Waals surface area contributed by atoms with Crippen LogP contribution in [0.5, 0.6) is 0 Å². The zero-order valence-electron chi connectivity index (χ0n) is 9.93. The minimum Gasteiger partial charge on any atom is -0.306 e. The summed E-state index contributed by atoms with van der Waals surface area (Å²) < 4.78 is 3.50. The average Bonchev–Trinajstić information content (AvgIpc) is 2.87. The van der Waals surface area contributed by atoms with Gasteiger partial charge in [-0.3, -0.25) is 0 Å². The third-order valence-electron chi connectivity index (χ3n) is 3.07. The molecule has 3 heterocycles. The number of hydrogen-bond donors (Lipinski definition) is 0. The third-order valence-corrected chi connectivity index (χ3v) is 5.66. The van der Waals surface area contributed by atoms with E-state index < -0.39 is 0 Å². The molecule has 3 rings (SSSR count). The van der Waals surface area contributed by atoms with Crippen LogP contribution in [0.1, 0.15) is 30.7 Å². The van der Waals surface area contributed by atoms with E-state index in [4.69, 9.17) is 0 Å². The van der Waals surface area contributed by atoms with Crippen LogP contribution in [0.2, 0.25) is 0 Å². The first-order chi connectivity index (χ1) is 8.83. The van der Waals surface area contributed by atoms with E-state index in [0.29, 0.717) is 0 Å². The quantitative estimate of drug-likeness (QED) is 0.785. The van der Waals surface area contributed by atoms with Crippen molar-refractivity contribution in [1.29, 1.82) is 0 Å². The number of aryl methyl sites for hydroxylation is 1. The number of thiophene rings is 1. The summed E-state index contributed by atoms with van der Waals surface area (Å²) in [7, 11) is 0. The predicted octanol–water partition coefficient (Wildman–Crippen LogP) is 4.12. The molecule has 2 aromatic rings. The Kier molecular flexibility index (Phi) is 4.06. The van der Waals surface area contributed by atoms with Gasteiger partial charge in [-0.15, -0.1) is 21.5 Å². The molecule has 0 spiro atoms. The molecule has 0 radical (unpaired) electrons. The number of nitrogens with zero attached hydrogens (tertiary/aromatic N) is 3. The van der Waals surface area contributed by atoms with Crippen LogP contribution >= 0.6 is 39.0 Å². The van der Waals surface area contributed by atoms with Crippen LogP contribution < -0.4 is 0 Å². The maximum atomic E-state index is 4.33. The fraction of sp³-hybridized carbons (Fsp3) is 0.500. The van der Waals surface area contributed by atoms with Crippen molar-refractivity contribution in [2.24, 2.45) is 0 Å². The molecule has 0 atom stereocenters. The van der Waals surface area contributed by atoms with Crippen molar-refractivity contribution < 1.29 is 0 Å². The molecule has 0 saturated heterocycles. The van der Waals surface area contributed by atoms with Crippen LogP contribution in [-0.4, -0.2) is 14.8 Å². The molecule has 0 aliphatic carbocycles. The Hall–Kier alpha value is -0.330. The Morgan fingerprint density at radius 2 is 2.28 bits per heavy atom. The van der Waals surface area contributed by atoms with E-state index in [1.807, 2.05) is 0 Å². The molecule has 0 unspecified atom stereocenters. The number of rotatable bonds is 3. The van der Waals surface area contributed by atoms with Crippen molar-refractivity contribution in [2.45, 2.75) is 43.1 Å². The maximum Gasteiger partial charge on any atom is 0.191 e. The van der Waals surface area contributed by atoms with Gasteiger partial charge in [-0.2, -0.15) is 0 Å². The highest BCUT2D eigenvalue weighted by atomic mass is 79.9. The first-order valence-electron chi connectivity index (χ1n) is 6.11. The lowest BCUT2D eigenvalue weighted by Crippen LogP contribution is -2.02. The highest BCUT2D eigenvalue weighted by Crippen LogP contribution is 2.28. The highest BCUT2D eigenvalue weighted by Gasteiger charge is 2.14. The summed E-state index contributed by atoms with van der Waals surface area (Å²) in [5.74, 6) is 2.14. The number of thioether (sulfide) groups is 1. The molecule has 1 aliphatic heterocycles. The molecule has 2 aromatic heterocycles. The van der Waals surface area contributed by atoms with E-state index in [-0.39, 0.29) is 0 Å². The van der Waals surface area contributed by atoms with Crippen LogP contribution in [0.4, 0.5) is 0 Å². The van der Waals surface area contributed by atoms with Gasteiger partial charge in [-0.25, -0.2) is 0 Å². The van der Waals surface area contributed by atoms with Gasteiger partial charge < -0.3 is 4.57 Å². The summed E-state index contributed by atoms with van der Waals surface area (Å²) in [6.07, 6.45) is 4.89. The van der Waals surface area contributed by atoms with Gasteiger partial charge in [0.05, 0.1) is 3.79 Å². The second-order valence-corrected chi connectivity index (χ2v) is 7.64. The van der Waals surface area contributed by atoms with E-state index in [1.165, 1.54) is 34.4 Å². The summed E-state index contributed by atoms with van der Waals surface area (Å²) in [5, 5.41) is 11.9. The van der Waals surface area contributed by atoms with Crippen molar-refractivity contribution in [3.63, 3.8) is 0 Å². The molecular formula is C12H14BrN3S2. The van der Waals surface area contributed by atoms with E-state index in [1.54, 1.807) is 23.1 Å². The minimum absolute atomic E-state index is 0.972. The molecule has 0 aromatic carbocycles. The van der Waals surface area contributed by atoms with Crippen molar-refractivity contribution in [3.05, 3.63) is 26.6 Å². The highest BCUT2D eigenvalue weighted by molar-refractivity contribution is 9.11. The summed E-state index contributed by atoms with van der Waals surface area (Å²) in [4.78, 5) is 0. The molecule has 0 bridgehead atoms. The summed E-state index contributed by atoms with van der Waals surface area (Å²) in [5.41, 5.74) is 1.35. The molecule has 1 aliphatic rings. The van der Waals surface area contributed by atoms with Gasteiger partial charge in [-0.05, 0) is 45.8 Å². The molecule has 0 fully saturated rings. The fourth-order valence-electron chi connectivity index (χ4n) is 2.13. The lowest BCUT2D eigenvalue weighted by Gasteiger charge is -2.05. The topological polar surface area (TPSA) is 30.7 Å². The molecule has 0 saturated carbocycles. The van der Waals surface area contributed by atoms with E-state index in [2.05, 4.69) is 42.1 Å². The van der Waals surface area contributed by atoms with E-state index >= 15 is 0 Å². The number of aromatic nitrogens is 3. The van der Waals surface area contributed by atoms with Crippen molar-refractivity contribution in [2.75, 3.05) is 0 Å². The van der Waals surface area contributed by atoms with E-state index in [0.717, 1.165) is 23.9 Å². The fourth-order valence-corrected chi connectivity index (χ4v) is 4.36. The second kappa shape index (κ2) is 5.75. The van der Waals surface area contributed by atoms with Crippen LogP contribution in [0.25, 0.3) is 0 Å². The molecule has 0 N–H and O–H groups in total. The average molecular weight is 344 g/mol. The van der Waals surface area contributed by atoms with E-state index in [9.17, 15) is 0 Å². The second-order valence-electron chi connectivity index (χ2n) is 4.41. The van der Waals surface area contributed by atoms with Gasteiger partial charge in [0.25, 0.3) is 0 Å². The molecule has 0 amide bonds. The molecule has 6 heteroatoms. The lowest BCUT2D eigenvalue weighted by atomic mass is 10.2. The first-order valence-corrected chi connectivity index (χ1v) is 8.76. The Morgan fingerprint density at radius 1 is 1.33 bits per heavy atom. The third kappa shape index (κ3) is 2.81. The molecular weight excluding hydrogens is 330 g/mol. The van der Waals surface area contributed by atoms with Crippen molar-refractivity contribution in [1.82, 2.24) is 14.8 Å². The largest absolute Gasteiger partial charge is 0.306 e. The van der Waals surface area contributed by atoms with Crippen molar-refractivity contribution >= 4 is 39.0 Å². The minimum atomic E-state index is 0.972. The Balaban J connectivity index is 1.71. The molecule has 96 valence electrons. The SMILES string of the molecule is Brc1cc(CSc2nnc3n2CCCCC3)cs1. The Bertz CT molecular complexity index is 535. The lowest BCUT2D eigenvalue weighted by molar-refractivity contribution is 0.591. The van der Waals surface area contributed by atoms with Gasteiger partial charge in [0, 0.05) is 18.7 Å². The molecule has 18 heavy (non-hydrogen) atoms. The number of halogens is 1. The number of fused-ring (bicyclic) bond motifs is 1. The van der Waals surface area contributed by atoms with Gasteiger partial charge >= 0.3 is 0 Å². The van der Waals surface area contributed by atoms with Crippen LogP contribution in [0.15, 0.2) is 20.4 Å². The summed E-state index contributed by atoms with van der Waals surface area (Å²) in [6.45, 7) is 1.08. The zero-order chi connectivity index (χ0) is 12.4. The van der Waals surface area contributed by atoms with Crippen molar-refractivity contribution in [3.8, 4) is 0 Å². The maximum absolute atomic E-state index is 4.33. The number of hydrogen-bond acceptors (Lipinski definition) is 4. The monoisotopic (exact) mass is 343 g/mol.